The molecule has 1 aromatic carbocycles. The summed E-state index contributed by atoms with van der Waals surface area (Å²) >= 11 is 0. The Labute approximate surface area is 140 Å². The first-order valence-electron chi connectivity index (χ1n) is 7.68. The number of amides is 1. The molecule has 0 saturated heterocycles. The lowest BCUT2D eigenvalue weighted by atomic mass is 9.95. The molecule has 2 aromatic rings. The predicted molar refractivity (Wildman–Crippen MR) is 88.6 cm³/mol. The van der Waals surface area contributed by atoms with E-state index in [0.29, 0.717) is 23.6 Å². The van der Waals surface area contributed by atoms with Crippen LogP contribution in [0.1, 0.15) is 32.7 Å². The zero-order valence-electron chi connectivity index (χ0n) is 13.6. The molecule has 3 rings (SSSR count). The fourth-order valence-electron chi connectivity index (χ4n) is 2.92. The number of anilines is 1. The van der Waals surface area contributed by atoms with E-state index in [-0.39, 0.29) is 11.9 Å². The highest BCUT2D eigenvalue weighted by Gasteiger charge is 2.27. The number of ether oxygens (including phenoxy) is 2. The minimum absolute atomic E-state index is 0.145. The molecule has 0 atom stereocenters. The van der Waals surface area contributed by atoms with Crippen LogP contribution in [0.15, 0.2) is 36.5 Å². The number of pyridine rings is 1. The van der Waals surface area contributed by atoms with Gasteiger partial charge in [-0.2, -0.15) is 0 Å². The van der Waals surface area contributed by atoms with Gasteiger partial charge in [0.25, 0.3) is 5.91 Å². The third-order valence-electron chi connectivity index (χ3n) is 4.09. The summed E-state index contributed by atoms with van der Waals surface area (Å²) in [6.07, 6.45) is 3.03. The van der Waals surface area contributed by atoms with E-state index in [0.717, 1.165) is 24.1 Å². The lowest BCUT2D eigenvalue weighted by Gasteiger charge is -2.30. The van der Waals surface area contributed by atoms with Gasteiger partial charge < -0.3 is 14.4 Å². The molecule has 2 heterocycles. The van der Waals surface area contributed by atoms with Gasteiger partial charge in [0.15, 0.2) is 0 Å². The van der Waals surface area contributed by atoms with Crippen molar-refractivity contribution in [3.63, 3.8) is 0 Å². The predicted octanol–water partition coefficient (Wildman–Crippen LogP) is 2.47. The average Bonchev–Trinajstić information content (AvgIpc) is 2.66. The van der Waals surface area contributed by atoms with E-state index >= 15 is 0 Å². The van der Waals surface area contributed by atoms with Crippen LogP contribution in [0, 0.1) is 0 Å². The number of benzene rings is 1. The quantitative estimate of drug-likeness (QED) is 0.811. The Morgan fingerprint density at radius 3 is 2.67 bits per heavy atom. The van der Waals surface area contributed by atoms with Crippen LogP contribution in [0.3, 0.4) is 0 Å². The molecular weight excluding hydrogens is 308 g/mol. The van der Waals surface area contributed by atoms with E-state index in [4.69, 9.17) is 9.47 Å². The fraction of sp³-hybridized carbons (Fsp3) is 0.278. The van der Waals surface area contributed by atoms with Crippen LogP contribution in [0.4, 0.5) is 5.69 Å². The molecule has 0 saturated carbocycles. The molecule has 124 valence electrons. The Kier molecular flexibility index (Phi) is 4.46. The van der Waals surface area contributed by atoms with Crippen molar-refractivity contribution in [2.75, 3.05) is 25.7 Å². The van der Waals surface area contributed by atoms with Crippen LogP contribution < -0.4 is 9.64 Å². The summed E-state index contributed by atoms with van der Waals surface area (Å²) in [6.45, 7) is 0.600. The van der Waals surface area contributed by atoms with Crippen molar-refractivity contribution < 1.29 is 19.1 Å². The molecule has 0 N–H and O–H groups in total. The number of fused-ring (bicyclic) bond motifs is 1. The highest BCUT2D eigenvalue weighted by molar-refractivity contribution is 6.07. The molecule has 0 bridgehead atoms. The van der Waals surface area contributed by atoms with Gasteiger partial charge in [-0.25, -0.2) is 9.78 Å². The second kappa shape index (κ2) is 6.70. The standard InChI is InChI=1S/C18H18N2O4/c1-23-16-9-8-12(11-19-16)17(21)20-10-4-6-13-14(18(22)24-2)5-3-7-15(13)20/h3,5,7-9,11H,4,6,10H2,1-2H3. The highest BCUT2D eigenvalue weighted by Crippen LogP contribution is 2.31. The van der Waals surface area contributed by atoms with Gasteiger partial charge in [-0.15, -0.1) is 0 Å². The van der Waals surface area contributed by atoms with E-state index in [9.17, 15) is 9.59 Å². The van der Waals surface area contributed by atoms with Crippen LogP contribution in [0.5, 0.6) is 5.88 Å². The minimum atomic E-state index is -0.382. The summed E-state index contributed by atoms with van der Waals surface area (Å²) in [4.78, 5) is 30.6. The summed E-state index contributed by atoms with van der Waals surface area (Å²) < 4.78 is 9.86. The summed E-state index contributed by atoms with van der Waals surface area (Å²) in [5.41, 5.74) is 2.60. The van der Waals surface area contributed by atoms with Gasteiger partial charge >= 0.3 is 5.97 Å². The SMILES string of the molecule is COC(=O)c1cccc2c1CCCN2C(=O)c1ccc(OC)nc1. The first-order valence-corrected chi connectivity index (χ1v) is 7.68. The van der Waals surface area contributed by atoms with E-state index in [1.54, 1.807) is 29.2 Å². The molecule has 1 amide bonds. The van der Waals surface area contributed by atoms with Gasteiger partial charge in [-0.1, -0.05) is 6.07 Å². The number of esters is 1. The number of hydrogen-bond donors (Lipinski definition) is 0. The molecule has 0 fully saturated rings. The molecule has 0 aliphatic carbocycles. The second-order valence-electron chi connectivity index (χ2n) is 5.44. The van der Waals surface area contributed by atoms with Gasteiger partial charge in [-0.3, -0.25) is 4.79 Å². The van der Waals surface area contributed by atoms with Crippen molar-refractivity contribution in [1.82, 2.24) is 4.98 Å². The molecule has 0 unspecified atom stereocenters. The van der Waals surface area contributed by atoms with Gasteiger partial charge in [0.1, 0.15) is 0 Å². The van der Waals surface area contributed by atoms with Gasteiger partial charge in [0.05, 0.1) is 25.3 Å². The lowest BCUT2D eigenvalue weighted by Crippen LogP contribution is -2.36. The summed E-state index contributed by atoms with van der Waals surface area (Å²) in [7, 11) is 2.88. The van der Waals surface area contributed by atoms with Crippen molar-refractivity contribution >= 4 is 17.6 Å². The van der Waals surface area contributed by atoms with Crippen molar-refractivity contribution in [3.8, 4) is 5.88 Å². The highest BCUT2D eigenvalue weighted by atomic mass is 16.5. The maximum absolute atomic E-state index is 12.8. The number of nitrogens with zero attached hydrogens (tertiary/aromatic N) is 2. The van der Waals surface area contributed by atoms with Crippen LogP contribution in [0.2, 0.25) is 0 Å². The molecule has 1 aliphatic rings. The van der Waals surface area contributed by atoms with E-state index in [1.807, 2.05) is 6.07 Å². The molecule has 6 heteroatoms. The molecule has 0 spiro atoms. The number of carbonyl (C=O) groups is 2. The Hall–Kier alpha value is -2.89. The first-order chi connectivity index (χ1) is 11.7. The van der Waals surface area contributed by atoms with Gasteiger partial charge in [0, 0.05) is 24.5 Å². The van der Waals surface area contributed by atoms with Crippen LogP contribution in [-0.4, -0.2) is 37.6 Å². The molecule has 6 nitrogen and oxygen atoms in total. The number of carbonyl (C=O) groups excluding carboxylic acids is 2. The van der Waals surface area contributed by atoms with Crippen LogP contribution in [0.25, 0.3) is 0 Å². The zero-order valence-corrected chi connectivity index (χ0v) is 13.6. The Balaban J connectivity index is 1.97. The van der Waals surface area contributed by atoms with Crippen molar-refractivity contribution in [3.05, 3.63) is 53.2 Å². The van der Waals surface area contributed by atoms with E-state index in [1.165, 1.54) is 20.4 Å². The third kappa shape index (κ3) is 2.82. The molecule has 1 aromatic heterocycles. The third-order valence-corrected chi connectivity index (χ3v) is 4.09. The summed E-state index contributed by atoms with van der Waals surface area (Å²) in [6, 6.07) is 8.70. The largest absolute Gasteiger partial charge is 0.481 e. The van der Waals surface area contributed by atoms with Crippen molar-refractivity contribution in [1.29, 1.82) is 0 Å². The Morgan fingerprint density at radius 1 is 1.17 bits per heavy atom. The smallest absolute Gasteiger partial charge is 0.338 e. The molecule has 24 heavy (non-hydrogen) atoms. The first kappa shape index (κ1) is 16.0. The van der Waals surface area contributed by atoms with Gasteiger partial charge in [0.2, 0.25) is 5.88 Å². The van der Waals surface area contributed by atoms with E-state index < -0.39 is 0 Å². The number of rotatable bonds is 3. The van der Waals surface area contributed by atoms with E-state index in [2.05, 4.69) is 4.98 Å². The topological polar surface area (TPSA) is 68.7 Å². The second-order valence-corrected chi connectivity index (χ2v) is 5.44. The Bertz CT molecular complexity index is 771. The lowest BCUT2D eigenvalue weighted by molar-refractivity contribution is 0.0599. The van der Waals surface area contributed by atoms with Crippen LogP contribution >= 0.6 is 0 Å². The maximum atomic E-state index is 12.8. The number of methoxy groups -OCH3 is 2. The van der Waals surface area contributed by atoms with Crippen molar-refractivity contribution in [2.45, 2.75) is 12.8 Å². The monoisotopic (exact) mass is 326 g/mol. The number of hydrogen-bond acceptors (Lipinski definition) is 5. The average molecular weight is 326 g/mol. The summed E-state index contributed by atoms with van der Waals surface area (Å²) in [5.74, 6) is -0.0704. The maximum Gasteiger partial charge on any atom is 0.338 e. The minimum Gasteiger partial charge on any atom is -0.481 e. The molecule has 0 radical (unpaired) electrons. The molecular formula is C18H18N2O4. The summed E-state index contributed by atoms with van der Waals surface area (Å²) in [5, 5.41) is 0. The van der Waals surface area contributed by atoms with Crippen LogP contribution in [-0.2, 0) is 11.2 Å². The zero-order chi connectivity index (χ0) is 17.1. The number of aromatic nitrogens is 1. The Morgan fingerprint density at radius 2 is 2.00 bits per heavy atom. The van der Waals surface area contributed by atoms with Gasteiger partial charge in [-0.05, 0) is 36.6 Å². The fourth-order valence-corrected chi connectivity index (χ4v) is 2.92. The normalized spacial score (nSPS) is 13.2. The molecule has 1 aliphatic heterocycles. The van der Waals surface area contributed by atoms with Crippen molar-refractivity contribution in [2.24, 2.45) is 0 Å².